The molecular formula is C9H18N2OS2. The van der Waals surface area contributed by atoms with Gasteiger partial charge in [0.1, 0.15) is 4.32 Å². The van der Waals surface area contributed by atoms with Crippen LogP contribution in [-0.2, 0) is 4.74 Å². The van der Waals surface area contributed by atoms with Crippen LogP contribution in [0.1, 0.15) is 6.92 Å². The van der Waals surface area contributed by atoms with Gasteiger partial charge in [-0.15, -0.1) is 0 Å². The number of hydrogen-bond acceptors (Lipinski definition) is 4. The molecule has 0 spiro atoms. The monoisotopic (exact) mass is 234 g/mol. The van der Waals surface area contributed by atoms with Crippen LogP contribution < -0.4 is 5.32 Å². The molecule has 0 atom stereocenters. The number of hydrogen-bond donors (Lipinski definition) is 1. The maximum Gasteiger partial charge on any atom is 0.136 e. The van der Waals surface area contributed by atoms with E-state index in [9.17, 15) is 0 Å². The standard InChI is InChI=1S/C9H18N2OS2/c1-2-12-7-8-14-9(13)11-5-3-10-4-6-11/h10H,2-8H2,1H3. The summed E-state index contributed by atoms with van der Waals surface area (Å²) in [5.41, 5.74) is 0. The summed E-state index contributed by atoms with van der Waals surface area (Å²) < 4.78 is 6.28. The predicted octanol–water partition coefficient (Wildman–Crippen LogP) is 0.946. The fourth-order valence-corrected chi connectivity index (χ4v) is 2.44. The normalized spacial score (nSPS) is 17.1. The van der Waals surface area contributed by atoms with E-state index in [1.165, 1.54) is 0 Å². The van der Waals surface area contributed by atoms with E-state index in [0.717, 1.165) is 49.5 Å². The van der Waals surface area contributed by atoms with E-state index < -0.39 is 0 Å². The molecule has 1 N–H and O–H groups in total. The van der Waals surface area contributed by atoms with Gasteiger partial charge in [-0.2, -0.15) is 0 Å². The minimum atomic E-state index is 0.793. The van der Waals surface area contributed by atoms with Crippen molar-refractivity contribution in [3.8, 4) is 0 Å². The summed E-state index contributed by atoms with van der Waals surface area (Å²) in [5, 5.41) is 3.31. The molecule has 1 saturated heterocycles. The van der Waals surface area contributed by atoms with Crippen molar-refractivity contribution in [2.75, 3.05) is 45.1 Å². The summed E-state index contributed by atoms with van der Waals surface area (Å²) in [4.78, 5) is 2.27. The van der Waals surface area contributed by atoms with Crippen molar-refractivity contribution in [2.24, 2.45) is 0 Å². The Hall–Kier alpha value is 0.160. The number of thioether (sulfide) groups is 1. The highest BCUT2D eigenvalue weighted by Gasteiger charge is 2.12. The van der Waals surface area contributed by atoms with Gasteiger partial charge in [-0.1, -0.05) is 24.0 Å². The van der Waals surface area contributed by atoms with Gasteiger partial charge in [0.2, 0.25) is 0 Å². The largest absolute Gasteiger partial charge is 0.381 e. The zero-order valence-electron chi connectivity index (χ0n) is 8.62. The maximum atomic E-state index is 5.33. The molecule has 82 valence electrons. The van der Waals surface area contributed by atoms with Crippen LogP contribution in [0.5, 0.6) is 0 Å². The van der Waals surface area contributed by atoms with Crippen LogP contribution in [0.15, 0.2) is 0 Å². The Bertz CT molecular complexity index is 172. The molecule has 14 heavy (non-hydrogen) atoms. The van der Waals surface area contributed by atoms with Crippen LogP contribution in [0.25, 0.3) is 0 Å². The van der Waals surface area contributed by atoms with E-state index in [0.29, 0.717) is 0 Å². The predicted molar refractivity (Wildman–Crippen MR) is 66.0 cm³/mol. The fourth-order valence-electron chi connectivity index (χ4n) is 1.27. The quantitative estimate of drug-likeness (QED) is 0.577. The van der Waals surface area contributed by atoms with Crippen molar-refractivity contribution >= 4 is 28.3 Å². The molecule has 0 aromatic heterocycles. The molecule has 0 aromatic carbocycles. The Balaban J connectivity index is 2.07. The molecule has 1 aliphatic heterocycles. The molecule has 1 rings (SSSR count). The van der Waals surface area contributed by atoms with Gasteiger partial charge >= 0.3 is 0 Å². The first kappa shape index (κ1) is 12.2. The third-order valence-corrected chi connectivity index (χ3v) is 3.52. The van der Waals surface area contributed by atoms with E-state index in [2.05, 4.69) is 10.2 Å². The third kappa shape index (κ3) is 4.59. The number of nitrogens with one attached hydrogen (secondary N) is 1. The summed E-state index contributed by atoms with van der Waals surface area (Å²) >= 11 is 7.06. The minimum absolute atomic E-state index is 0.793. The van der Waals surface area contributed by atoms with Crippen LogP contribution >= 0.6 is 24.0 Å². The molecule has 0 amide bonds. The van der Waals surface area contributed by atoms with E-state index in [1.807, 2.05) is 6.92 Å². The van der Waals surface area contributed by atoms with Gasteiger partial charge < -0.3 is 15.0 Å². The Labute approximate surface area is 95.6 Å². The molecule has 0 radical (unpaired) electrons. The highest BCUT2D eigenvalue weighted by molar-refractivity contribution is 8.22. The van der Waals surface area contributed by atoms with E-state index >= 15 is 0 Å². The smallest absolute Gasteiger partial charge is 0.136 e. The minimum Gasteiger partial charge on any atom is -0.381 e. The second-order valence-corrected chi connectivity index (χ2v) is 4.78. The molecule has 0 saturated carbocycles. The van der Waals surface area contributed by atoms with E-state index in [4.69, 9.17) is 17.0 Å². The molecule has 0 aliphatic carbocycles. The fraction of sp³-hybridized carbons (Fsp3) is 0.889. The topological polar surface area (TPSA) is 24.5 Å². The third-order valence-electron chi connectivity index (χ3n) is 2.03. The van der Waals surface area contributed by atoms with Gasteiger partial charge in [-0.25, -0.2) is 0 Å². The van der Waals surface area contributed by atoms with Crippen LogP contribution in [0.3, 0.4) is 0 Å². The van der Waals surface area contributed by atoms with Crippen LogP contribution in [-0.4, -0.2) is 54.4 Å². The zero-order chi connectivity index (χ0) is 10.2. The average molecular weight is 234 g/mol. The second-order valence-electron chi connectivity index (χ2n) is 3.05. The number of thiocarbonyl (C=S) groups is 1. The van der Waals surface area contributed by atoms with Gasteiger partial charge in [-0.3, -0.25) is 0 Å². The van der Waals surface area contributed by atoms with Crippen molar-refractivity contribution in [3.63, 3.8) is 0 Å². The van der Waals surface area contributed by atoms with Crippen molar-refractivity contribution in [1.82, 2.24) is 10.2 Å². The van der Waals surface area contributed by atoms with Gasteiger partial charge in [0, 0.05) is 38.5 Å². The first-order valence-electron chi connectivity index (χ1n) is 5.04. The molecule has 3 nitrogen and oxygen atoms in total. The lowest BCUT2D eigenvalue weighted by molar-refractivity contribution is 0.164. The Morgan fingerprint density at radius 2 is 2.21 bits per heavy atom. The molecule has 1 aliphatic rings. The first-order chi connectivity index (χ1) is 6.84. The lowest BCUT2D eigenvalue weighted by Gasteiger charge is -2.29. The van der Waals surface area contributed by atoms with Gasteiger partial charge in [0.15, 0.2) is 0 Å². The molecular weight excluding hydrogens is 216 g/mol. The number of nitrogens with zero attached hydrogens (tertiary/aromatic N) is 1. The summed E-state index contributed by atoms with van der Waals surface area (Å²) in [6, 6.07) is 0. The summed E-state index contributed by atoms with van der Waals surface area (Å²) in [5.74, 6) is 0.969. The maximum absolute atomic E-state index is 5.33. The van der Waals surface area contributed by atoms with E-state index in [1.54, 1.807) is 11.8 Å². The van der Waals surface area contributed by atoms with Crippen molar-refractivity contribution in [1.29, 1.82) is 0 Å². The molecule has 0 aromatic rings. The summed E-state index contributed by atoms with van der Waals surface area (Å²) in [6.45, 7) is 7.78. The molecule has 5 heteroatoms. The SMILES string of the molecule is CCOCCSC(=S)N1CCNCC1. The molecule has 1 heterocycles. The number of piperazine rings is 1. The molecule has 1 fully saturated rings. The number of ether oxygens (including phenoxy) is 1. The van der Waals surface area contributed by atoms with Gasteiger partial charge in [0.05, 0.1) is 6.61 Å². The Morgan fingerprint density at radius 3 is 2.86 bits per heavy atom. The lowest BCUT2D eigenvalue weighted by Crippen LogP contribution is -2.45. The van der Waals surface area contributed by atoms with Crippen LogP contribution in [0, 0.1) is 0 Å². The summed E-state index contributed by atoms with van der Waals surface area (Å²) in [7, 11) is 0. The van der Waals surface area contributed by atoms with Gasteiger partial charge in [-0.05, 0) is 6.92 Å². The second kappa shape index (κ2) is 7.45. The Kier molecular flexibility index (Phi) is 6.51. The molecule has 0 unspecified atom stereocenters. The van der Waals surface area contributed by atoms with E-state index in [-0.39, 0.29) is 0 Å². The van der Waals surface area contributed by atoms with Crippen molar-refractivity contribution < 1.29 is 4.74 Å². The average Bonchev–Trinajstić information content (AvgIpc) is 2.25. The van der Waals surface area contributed by atoms with Gasteiger partial charge in [0.25, 0.3) is 0 Å². The van der Waals surface area contributed by atoms with Crippen LogP contribution in [0.4, 0.5) is 0 Å². The zero-order valence-corrected chi connectivity index (χ0v) is 10.3. The summed E-state index contributed by atoms with van der Waals surface area (Å²) in [6.07, 6.45) is 0. The van der Waals surface area contributed by atoms with Crippen LogP contribution in [0.2, 0.25) is 0 Å². The highest BCUT2D eigenvalue weighted by atomic mass is 32.2. The highest BCUT2D eigenvalue weighted by Crippen LogP contribution is 2.09. The van der Waals surface area contributed by atoms with Crippen molar-refractivity contribution in [3.05, 3.63) is 0 Å². The van der Waals surface area contributed by atoms with Crippen molar-refractivity contribution in [2.45, 2.75) is 6.92 Å². The Morgan fingerprint density at radius 1 is 1.50 bits per heavy atom. The number of rotatable bonds is 4. The molecule has 0 bridgehead atoms. The lowest BCUT2D eigenvalue weighted by atomic mass is 10.4. The first-order valence-corrected chi connectivity index (χ1v) is 6.44.